The number of fused-ring (bicyclic) bond motifs is 6. The predicted octanol–water partition coefficient (Wildman–Crippen LogP) is 4.88. The van der Waals surface area contributed by atoms with Gasteiger partial charge in [-0.25, -0.2) is 4.39 Å². The summed E-state index contributed by atoms with van der Waals surface area (Å²) in [6, 6.07) is 23.6. The summed E-state index contributed by atoms with van der Waals surface area (Å²) in [5.41, 5.74) is 5.88. The summed E-state index contributed by atoms with van der Waals surface area (Å²) in [5, 5.41) is 7.36. The molecular weight excluding hydrogens is 313 g/mol. The summed E-state index contributed by atoms with van der Waals surface area (Å²) >= 11 is 0. The molecule has 0 fully saturated rings. The van der Waals surface area contributed by atoms with Gasteiger partial charge in [0, 0.05) is 29.0 Å². The number of anilines is 2. The smallest absolute Gasteiger partial charge is 0.123 e. The van der Waals surface area contributed by atoms with Crippen molar-refractivity contribution >= 4 is 11.4 Å². The van der Waals surface area contributed by atoms with Gasteiger partial charge in [-0.2, -0.15) is 0 Å². The quantitative estimate of drug-likeness (QED) is 0.701. The van der Waals surface area contributed by atoms with Crippen molar-refractivity contribution in [2.24, 2.45) is 0 Å². The van der Waals surface area contributed by atoms with E-state index in [0.717, 1.165) is 23.5 Å². The maximum absolute atomic E-state index is 13.3. The van der Waals surface area contributed by atoms with E-state index in [1.165, 1.54) is 23.3 Å². The van der Waals surface area contributed by atoms with Gasteiger partial charge in [0.2, 0.25) is 0 Å². The molecule has 2 aliphatic rings. The summed E-state index contributed by atoms with van der Waals surface area (Å²) < 4.78 is 13.3. The molecule has 5 rings (SSSR count). The Morgan fingerprint density at radius 2 is 1.24 bits per heavy atom. The minimum Gasteiger partial charge on any atom is -0.365 e. The molecule has 2 bridgehead atoms. The van der Waals surface area contributed by atoms with Crippen LogP contribution in [-0.2, 0) is 6.54 Å². The standard InChI is InChI=1S/C21H18FN3/c22-15-11-9-14(10-12-15)13-25-20-16-5-1-3-7-18(16)23-21(25)17-6-2-4-8-19(17)24-20/h1-12,20-21,23-24H,13H2/t20-,21-/m1/s1. The number of nitrogens with zero attached hydrogens (tertiary/aromatic N) is 1. The summed E-state index contributed by atoms with van der Waals surface area (Å²) in [4.78, 5) is 2.39. The number of nitrogens with one attached hydrogen (secondary N) is 2. The highest BCUT2D eigenvalue weighted by Gasteiger charge is 2.39. The minimum atomic E-state index is -0.200. The van der Waals surface area contributed by atoms with Crippen molar-refractivity contribution in [1.82, 2.24) is 4.90 Å². The van der Waals surface area contributed by atoms with Crippen molar-refractivity contribution < 1.29 is 4.39 Å². The van der Waals surface area contributed by atoms with Gasteiger partial charge in [0.1, 0.15) is 18.1 Å². The summed E-state index contributed by atoms with van der Waals surface area (Å²) in [6.07, 6.45) is 0.171. The molecule has 0 radical (unpaired) electrons. The Bertz CT molecular complexity index is 869. The lowest BCUT2D eigenvalue weighted by molar-refractivity contribution is 0.138. The van der Waals surface area contributed by atoms with Gasteiger partial charge in [0.05, 0.1) is 0 Å². The van der Waals surface area contributed by atoms with Crippen LogP contribution in [-0.4, -0.2) is 4.90 Å². The van der Waals surface area contributed by atoms with Gasteiger partial charge in [0.25, 0.3) is 0 Å². The largest absolute Gasteiger partial charge is 0.365 e. The number of hydrogen-bond donors (Lipinski definition) is 2. The first-order valence-electron chi connectivity index (χ1n) is 8.51. The molecule has 0 amide bonds. The Morgan fingerprint density at radius 3 is 1.80 bits per heavy atom. The number of benzene rings is 3. The second-order valence-electron chi connectivity index (χ2n) is 6.57. The number of halogens is 1. The van der Waals surface area contributed by atoms with Crippen LogP contribution in [0.4, 0.5) is 15.8 Å². The molecule has 0 aliphatic carbocycles. The predicted molar refractivity (Wildman–Crippen MR) is 97.6 cm³/mol. The topological polar surface area (TPSA) is 27.3 Å². The van der Waals surface area contributed by atoms with Crippen LogP contribution in [0.3, 0.4) is 0 Å². The Kier molecular flexibility index (Phi) is 3.25. The molecule has 0 aromatic heterocycles. The monoisotopic (exact) mass is 331 g/mol. The van der Waals surface area contributed by atoms with Crippen LogP contribution in [0.25, 0.3) is 0 Å². The first-order valence-corrected chi connectivity index (χ1v) is 8.51. The molecule has 2 N–H and O–H groups in total. The lowest BCUT2D eigenvalue weighted by Crippen LogP contribution is -2.47. The molecule has 3 aromatic carbocycles. The fourth-order valence-corrected chi connectivity index (χ4v) is 3.84. The molecule has 0 spiro atoms. The first-order chi connectivity index (χ1) is 12.3. The van der Waals surface area contributed by atoms with Crippen molar-refractivity contribution in [2.45, 2.75) is 18.9 Å². The molecule has 2 heterocycles. The summed E-state index contributed by atoms with van der Waals surface area (Å²) in [5.74, 6) is -0.200. The fourth-order valence-electron chi connectivity index (χ4n) is 3.84. The van der Waals surface area contributed by atoms with Gasteiger partial charge >= 0.3 is 0 Å². The van der Waals surface area contributed by atoms with Gasteiger partial charge in [0.15, 0.2) is 0 Å². The van der Waals surface area contributed by atoms with E-state index >= 15 is 0 Å². The van der Waals surface area contributed by atoms with Gasteiger partial charge < -0.3 is 10.6 Å². The number of hydrogen-bond acceptors (Lipinski definition) is 3. The zero-order valence-electron chi connectivity index (χ0n) is 13.6. The van der Waals surface area contributed by atoms with Crippen LogP contribution in [0, 0.1) is 5.82 Å². The lowest BCUT2D eigenvalue weighted by atomic mass is 9.95. The highest BCUT2D eigenvalue weighted by molar-refractivity contribution is 5.65. The molecule has 2 atom stereocenters. The van der Waals surface area contributed by atoms with Crippen LogP contribution >= 0.6 is 0 Å². The zero-order valence-corrected chi connectivity index (χ0v) is 13.6. The Morgan fingerprint density at radius 1 is 0.720 bits per heavy atom. The average Bonchev–Trinajstić information content (AvgIpc) is 2.64. The molecule has 0 unspecified atom stereocenters. The van der Waals surface area contributed by atoms with Gasteiger partial charge in [-0.15, -0.1) is 0 Å². The number of rotatable bonds is 2. The van der Waals surface area contributed by atoms with Crippen molar-refractivity contribution in [2.75, 3.05) is 10.6 Å². The van der Waals surface area contributed by atoms with Crippen molar-refractivity contribution in [3.63, 3.8) is 0 Å². The van der Waals surface area contributed by atoms with Crippen molar-refractivity contribution in [3.8, 4) is 0 Å². The van der Waals surface area contributed by atoms with Gasteiger partial charge in [-0.1, -0.05) is 48.5 Å². The van der Waals surface area contributed by atoms with E-state index in [2.05, 4.69) is 64.1 Å². The number of para-hydroxylation sites is 2. The fraction of sp³-hybridized carbons (Fsp3) is 0.143. The Labute approximate surface area is 146 Å². The first kappa shape index (κ1) is 14.5. The molecule has 124 valence electrons. The van der Waals surface area contributed by atoms with E-state index in [9.17, 15) is 4.39 Å². The second kappa shape index (κ2) is 5.60. The minimum absolute atomic E-state index is 0.0856. The van der Waals surface area contributed by atoms with Crippen molar-refractivity contribution in [1.29, 1.82) is 0 Å². The molecule has 3 aromatic rings. The highest BCUT2D eigenvalue weighted by Crippen LogP contribution is 2.47. The molecule has 3 nitrogen and oxygen atoms in total. The molecule has 0 saturated heterocycles. The molecule has 25 heavy (non-hydrogen) atoms. The zero-order chi connectivity index (χ0) is 16.8. The summed E-state index contributed by atoms with van der Waals surface area (Å²) in [6.45, 7) is 0.734. The molecule has 4 heteroatoms. The second-order valence-corrected chi connectivity index (χ2v) is 6.57. The van der Waals surface area contributed by atoms with Crippen LogP contribution in [0.2, 0.25) is 0 Å². The molecule has 0 saturated carbocycles. The van der Waals surface area contributed by atoms with E-state index in [1.54, 1.807) is 0 Å². The molecule has 2 aliphatic heterocycles. The Hall–Kier alpha value is -2.85. The highest BCUT2D eigenvalue weighted by atomic mass is 19.1. The third-order valence-electron chi connectivity index (χ3n) is 5.04. The van der Waals surface area contributed by atoms with Crippen LogP contribution in [0.15, 0.2) is 72.8 Å². The lowest BCUT2D eigenvalue weighted by Gasteiger charge is -2.49. The van der Waals surface area contributed by atoms with E-state index in [-0.39, 0.29) is 18.1 Å². The average molecular weight is 331 g/mol. The maximum atomic E-state index is 13.3. The SMILES string of the molecule is Fc1ccc(CN2[C@H]3Nc4ccccc4[C@@H]2Nc2ccccc23)cc1. The van der Waals surface area contributed by atoms with Crippen LogP contribution < -0.4 is 10.6 Å². The van der Waals surface area contributed by atoms with Crippen molar-refractivity contribution in [3.05, 3.63) is 95.3 Å². The van der Waals surface area contributed by atoms with E-state index in [0.29, 0.717) is 0 Å². The normalized spacial score (nSPS) is 20.8. The van der Waals surface area contributed by atoms with Gasteiger partial charge in [-0.3, -0.25) is 4.90 Å². The molecular formula is C21H18FN3. The Balaban J connectivity index is 1.59. The third kappa shape index (κ3) is 2.37. The van der Waals surface area contributed by atoms with Gasteiger partial charge in [-0.05, 0) is 29.8 Å². The van der Waals surface area contributed by atoms with E-state index in [1.807, 2.05) is 12.1 Å². The van der Waals surface area contributed by atoms with Crippen LogP contribution in [0.5, 0.6) is 0 Å². The third-order valence-corrected chi connectivity index (χ3v) is 5.04. The van der Waals surface area contributed by atoms with E-state index < -0.39 is 0 Å². The maximum Gasteiger partial charge on any atom is 0.123 e. The summed E-state index contributed by atoms with van der Waals surface area (Å²) in [7, 11) is 0. The van der Waals surface area contributed by atoms with E-state index in [4.69, 9.17) is 0 Å². The van der Waals surface area contributed by atoms with Crippen LogP contribution in [0.1, 0.15) is 29.0 Å².